The van der Waals surface area contributed by atoms with Crippen LogP contribution in [0.25, 0.3) is 10.1 Å². The second-order valence-corrected chi connectivity index (χ2v) is 5.28. The summed E-state index contributed by atoms with van der Waals surface area (Å²) in [5.74, 6) is 0.800. The predicted octanol–water partition coefficient (Wildman–Crippen LogP) is 4.07. The molecule has 0 unspecified atom stereocenters. The van der Waals surface area contributed by atoms with Gasteiger partial charge in [0, 0.05) is 16.0 Å². The highest BCUT2D eigenvalue weighted by Crippen LogP contribution is 2.39. The Morgan fingerprint density at radius 3 is 2.93 bits per heavy atom. The van der Waals surface area contributed by atoms with Gasteiger partial charge in [-0.05, 0) is 30.0 Å². The van der Waals surface area contributed by atoms with Crippen LogP contribution in [0.4, 0.5) is 0 Å². The molecule has 1 aromatic carbocycles. The molecule has 0 spiro atoms. The van der Waals surface area contributed by atoms with Gasteiger partial charge in [-0.3, -0.25) is 0 Å². The Labute approximate surface area is 95.7 Å². The van der Waals surface area contributed by atoms with Crippen molar-refractivity contribution in [3.63, 3.8) is 0 Å². The molecule has 0 amide bonds. The van der Waals surface area contributed by atoms with Gasteiger partial charge in [0.25, 0.3) is 0 Å². The lowest BCUT2D eigenvalue weighted by atomic mass is 10.2. The van der Waals surface area contributed by atoms with Crippen molar-refractivity contribution < 1.29 is 5.11 Å². The fourth-order valence-electron chi connectivity index (χ4n) is 1.41. The van der Waals surface area contributed by atoms with Crippen LogP contribution >= 0.6 is 34.7 Å². The smallest absolute Gasteiger partial charge is 0.116 e. The minimum atomic E-state index is 0.300. The van der Waals surface area contributed by atoms with E-state index in [1.165, 1.54) is 8.91 Å². The molecule has 0 aliphatic carbocycles. The van der Waals surface area contributed by atoms with Gasteiger partial charge >= 0.3 is 0 Å². The van der Waals surface area contributed by atoms with Crippen molar-refractivity contribution in [3.05, 3.63) is 23.8 Å². The van der Waals surface area contributed by atoms with Crippen LogP contribution in [0.1, 0.15) is 5.56 Å². The summed E-state index contributed by atoms with van der Waals surface area (Å²) < 4.78 is 2.42. The van der Waals surface area contributed by atoms with Crippen LogP contribution in [-0.4, -0.2) is 11.4 Å². The molecular weight excluding hydrogens is 236 g/mol. The first-order valence-corrected chi connectivity index (χ1v) is 6.68. The monoisotopic (exact) mass is 244 g/mol. The fourth-order valence-corrected chi connectivity index (χ4v) is 3.81. The molecule has 0 saturated carbocycles. The molecule has 2 rings (SSSR count). The summed E-state index contributed by atoms with van der Waals surface area (Å²) >= 11 is 9.32. The van der Waals surface area contributed by atoms with Gasteiger partial charge in [-0.1, -0.05) is 0 Å². The summed E-state index contributed by atoms with van der Waals surface area (Å²) in [6.07, 6.45) is 2.04. The molecular formula is C10H9ClOS2. The van der Waals surface area contributed by atoms with E-state index in [0.29, 0.717) is 11.6 Å². The van der Waals surface area contributed by atoms with E-state index in [0.717, 1.165) is 10.9 Å². The van der Waals surface area contributed by atoms with Gasteiger partial charge in [-0.25, -0.2) is 0 Å². The highest BCUT2D eigenvalue weighted by Gasteiger charge is 2.10. The zero-order chi connectivity index (χ0) is 10.1. The van der Waals surface area contributed by atoms with Crippen LogP contribution in [0.3, 0.4) is 0 Å². The number of phenols is 1. The molecule has 74 valence electrons. The molecule has 0 aliphatic heterocycles. The molecule has 2 aromatic rings. The van der Waals surface area contributed by atoms with E-state index in [2.05, 4.69) is 0 Å². The maximum absolute atomic E-state index is 9.39. The van der Waals surface area contributed by atoms with E-state index in [1.807, 2.05) is 12.3 Å². The third kappa shape index (κ3) is 1.60. The first-order chi connectivity index (χ1) is 6.76. The first-order valence-electron chi connectivity index (χ1n) is 4.10. The largest absolute Gasteiger partial charge is 0.508 e. The summed E-state index contributed by atoms with van der Waals surface area (Å²) in [6, 6.07) is 5.43. The Morgan fingerprint density at radius 2 is 2.29 bits per heavy atom. The Bertz CT molecular complexity index is 464. The van der Waals surface area contributed by atoms with E-state index in [1.54, 1.807) is 35.2 Å². The highest BCUT2D eigenvalue weighted by molar-refractivity contribution is 8.00. The Hall–Kier alpha value is -0.380. The number of rotatable bonds is 2. The summed E-state index contributed by atoms with van der Waals surface area (Å²) in [4.78, 5) is 0. The molecule has 0 fully saturated rings. The van der Waals surface area contributed by atoms with Crippen molar-refractivity contribution >= 4 is 44.8 Å². The number of aromatic hydroxyl groups is 1. The molecule has 14 heavy (non-hydrogen) atoms. The number of hydrogen-bond acceptors (Lipinski definition) is 3. The molecule has 0 saturated heterocycles. The Kier molecular flexibility index (Phi) is 2.91. The average molecular weight is 245 g/mol. The molecule has 1 N–H and O–H groups in total. The molecule has 1 heterocycles. The van der Waals surface area contributed by atoms with Gasteiger partial charge in [0.1, 0.15) is 5.75 Å². The van der Waals surface area contributed by atoms with Gasteiger partial charge in [0.05, 0.1) is 4.21 Å². The number of alkyl halides is 1. The molecule has 1 aromatic heterocycles. The van der Waals surface area contributed by atoms with Crippen molar-refractivity contribution in [2.75, 3.05) is 6.26 Å². The Balaban J connectivity index is 2.74. The topological polar surface area (TPSA) is 20.2 Å². The van der Waals surface area contributed by atoms with E-state index < -0.39 is 0 Å². The van der Waals surface area contributed by atoms with Gasteiger partial charge in [0.15, 0.2) is 0 Å². The van der Waals surface area contributed by atoms with Crippen LogP contribution in [0.2, 0.25) is 0 Å². The molecule has 4 heteroatoms. The summed E-state index contributed by atoms with van der Waals surface area (Å²) in [6.45, 7) is 0. The lowest BCUT2D eigenvalue weighted by molar-refractivity contribution is 0.476. The normalized spacial score (nSPS) is 11.0. The van der Waals surface area contributed by atoms with Crippen molar-refractivity contribution in [1.29, 1.82) is 0 Å². The SMILES string of the molecule is CSc1sc2ccc(O)cc2c1CCl. The highest BCUT2D eigenvalue weighted by atomic mass is 35.5. The van der Waals surface area contributed by atoms with E-state index in [-0.39, 0.29) is 0 Å². The average Bonchev–Trinajstić information content (AvgIpc) is 2.54. The van der Waals surface area contributed by atoms with Crippen LogP contribution in [0.15, 0.2) is 22.4 Å². The molecule has 1 nitrogen and oxygen atoms in total. The number of benzene rings is 1. The van der Waals surface area contributed by atoms with E-state index in [4.69, 9.17) is 11.6 Å². The summed E-state index contributed by atoms with van der Waals surface area (Å²) in [5, 5.41) is 10.5. The van der Waals surface area contributed by atoms with Crippen molar-refractivity contribution in [2.24, 2.45) is 0 Å². The zero-order valence-electron chi connectivity index (χ0n) is 7.58. The number of fused-ring (bicyclic) bond motifs is 1. The molecule has 0 radical (unpaired) electrons. The number of hydrogen-bond donors (Lipinski definition) is 1. The number of phenolic OH excluding ortho intramolecular Hbond substituents is 1. The maximum atomic E-state index is 9.39. The quantitative estimate of drug-likeness (QED) is 0.635. The van der Waals surface area contributed by atoms with Gasteiger partial charge in [-0.2, -0.15) is 0 Å². The molecule has 0 bridgehead atoms. The third-order valence-corrected chi connectivity index (χ3v) is 4.70. The third-order valence-electron chi connectivity index (χ3n) is 2.06. The van der Waals surface area contributed by atoms with Crippen LogP contribution in [0, 0.1) is 0 Å². The van der Waals surface area contributed by atoms with Crippen LogP contribution in [0.5, 0.6) is 5.75 Å². The molecule has 0 aliphatic rings. The number of thiophene rings is 1. The lowest BCUT2D eigenvalue weighted by Crippen LogP contribution is -1.76. The number of thioether (sulfide) groups is 1. The first kappa shape index (κ1) is 10.1. The van der Waals surface area contributed by atoms with Gasteiger partial charge in [0.2, 0.25) is 0 Å². The predicted molar refractivity (Wildman–Crippen MR) is 64.8 cm³/mol. The van der Waals surface area contributed by atoms with Crippen molar-refractivity contribution in [2.45, 2.75) is 10.1 Å². The van der Waals surface area contributed by atoms with Crippen LogP contribution in [-0.2, 0) is 5.88 Å². The van der Waals surface area contributed by atoms with Crippen molar-refractivity contribution in [3.8, 4) is 5.75 Å². The summed E-state index contributed by atoms with van der Waals surface area (Å²) in [7, 11) is 0. The summed E-state index contributed by atoms with van der Waals surface area (Å²) in [5.41, 5.74) is 1.13. The van der Waals surface area contributed by atoms with E-state index >= 15 is 0 Å². The Morgan fingerprint density at radius 1 is 1.50 bits per heavy atom. The standard InChI is InChI=1S/C10H9ClOS2/c1-13-10-8(5-11)7-4-6(12)2-3-9(7)14-10/h2-4,12H,5H2,1H3. The van der Waals surface area contributed by atoms with Crippen molar-refractivity contribution in [1.82, 2.24) is 0 Å². The lowest BCUT2D eigenvalue weighted by Gasteiger charge is -1.96. The van der Waals surface area contributed by atoms with Gasteiger partial charge < -0.3 is 5.11 Å². The minimum absolute atomic E-state index is 0.300. The number of halogens is 1. The van der Waals surface area contributed by atoms with E-state index in [9.17, 15) is 5.11 Å². The maximum Gasteiger partial charge on any atom is 0.116 e. The second kappa shape index (κ2) is 4.01. The van der Waals surface area contributed by atoms with Crippen LogP contribution < -0.4 is 0 Å². The molecule has 0 atom stereocenters. The van der Waals surface area contributed by atoms with Gasteiger partial charge in [-0.15, -0.1) is 34.7 Å². The fraction of sp³-hybridized carbons (Fsp3) is 0.200. The second-order valence-electron chi connectivity index (χ2n) is 2.89. The minimum Gasteiger partial charge on any atom is -0.508 e. The zero-order valence-corrected chi connectivity index (χ0v) is 9.97.